The molecule has 1 unspecified atom stereocenters. The maximum Gasteiger partial charge on any atom is 0.322 e. The van der Waals surface area contributed by atoms with Gasteiger partial charge in [-0.2, -0.15) is 0 Å². The van der Waals surface area contributed by atoms with Crippen LogP contribution in [0.4, 0.5) is 10.5 Å². The molecule has 1 spiro atoms. The number of carbonyl (C=O) groups is 2. The second-order valence-electron chi connectivity index (χ2n) is 7.10. The molecular weight excluding hydrogens is 378 g/mol. The summed E-state index contributed by atoms with van der Waals surface area (Å²) in [4.78, 5) is 32.9. The van der Waals surface area contributed by atoms with E-state index in [1.54, 1.807) is 48.0 Å². The number of amides is 3. The van der Waals surface area contributed by atoms with E-state index < -0.39 is 5.79 Å². The minimum Gasteiger partial charge on any atom is -0.359 e. The van der Waals surface area contributed by atoms with Crippen LogP contribution < -0.4 is 5.32 Å². The van der Waals surface area contributed by atoms with Gasteiger partial charge in [-0.15, -0.1) is 0 Å². The number of urea groups is 1. The summed E-state index contributed by atoms with van der Waals surface area (Å²) in [6.45, 7) is 5.39. The smallest absolute Gasteiger partial charge is 0.322 e. The Kier molecular flexibility index (Phi) is 5.20. The van der Waals surface area contributed by atoms with Crippen molar-refractivity contribution in [2.45, 2.75) is 19.6 Å². The minimum absolute atomic E-state index is 0.186. The molecule has 2 saturated heterocycles. The quantitative estimate of drug-likeness (QED) is 0.810. The number of hydrogen-bond acceptors (Lipinski definition) is 7. The first-order chi connectivity index (χ1) is 14.0. The fourth-order valence-corrected chi connectivity index (χ4v) is 3.54. The number of hydrogen-bond donors (Lipinski definition) is 1. The highest BCUT2D eigenvalue weighted by atomic mass is 16.7. The van der Waals surface area contributed by atoms with Crippen LogP contribution in [0.25, 0.3) is 0 Å². The van der Waals surface area contributed by atoms with Crippen molar-refractivity contribution < 1.29 is 23.6 Å². The molecule has 4 heterocycles. The highest BCUT2D eigenvalue weighted by Crippen LogP contribution is 2.26. The van der Waals surface area contributed by atoms with E-state index in [4.69, 9.17) is 14.0 Å². The number of pyridine rings is 1. The van der Waals surface area contributed by atoms with Crippen LogP contribution in [0.5, 0.6) is 0 Å². The van der Waals surface area contributed by atoms with Crippen molar-refractivity contribution in [2.24, 2.45) is 0 Å². The molecule has 2 aromatic rings. The summed E-state index contributed by atoms with van der Waals surface area (Å²) in [5, 5.41) is 6.69. The van der Waals surface area contributed by atoms with Crippen molar-refractivity contribution >= 4 is 17.6 Å². The zero-order valence-corrected chi connectivity index (χ0v) is 16.4. The van der Waals surface area contributed by atoms with Crippen molar-refractivity contribution in [3.63, 3.8) is 0 Å². The van der Waals surface area contributed by atoms with Crippen LogP contribution in [0.1, 0.15) is 21.9 Å². The van der Waals surface area contributed by atoms with E-state index in [9.17, 15) is 9.59 Å². The van der Waals surface area contributed by atoms with E-state index in [1.165, 1.54) is 0 Å². The molecule has 4 rings (SSSR count). The number of carbonyl (C=O) groups excluding carboxylic acids is 2. The fraction of sp³-hybridized carbons (Fsp3) is 0.474. The topological polar surface area (TPSA) is 110 Å². The first kappa shape index (κ1) is 19.3. The Balaban J connectivity index is 1.45. The van der Waals surface area contributed by atoms with Crippen LogP contribution in [0.15, 0.2) is 28.9 Å². The number of anilines is 1. The summed E-state index contributed by atoms with van der Waals surface area (Å²) in [5.41, 5.74) is 1.54. The van der Waals surface area contributed by atoms with E-state index in [2.05, 4.69) is 15.5 Å². The van der Waals surface area contributed by atoms with Gasteiger partial charge in [0, 0.05) is 19.3 Å². The predicted octanol–water partition coefficient (Wildman–Crippen LogP) is 1.42. The van der Waals surface area contributed by atoms with Crippen molar-refractivity contribution in [3.8, 4) is 0 Å². The lowest BCUT2D eigenvalue weighted by Gasteiger charge is -2.47. The van der Waals surface area contributed by atoms with E-state index >= 15 is 0 Å². The Labute approximate surface area is 167 Å². The van der Waals surface area contributed by atoms with Gasteiger partial charge < -0.3 is 29.1 Å². The SMILES string of the molecule is Cc1noc(C)c1NC(=O)N1CCOC2(C1)CN(C(=O)c1ccccn1)CCO2. The monoisotopic (exact) mass is 401 g/mol. The molecule has 1 N–H and O–H groups in total. The molecule has 0 radical (unpaired) electrons. The van der Waals surface area contributed by atoms with Crippen molar-refractivity contribution in [1.82, 2.24) is 19.9 Å². The van der Waals surface area contributed by atoms with Gasteiger partial charge in [-0.05, 0) is 26.0 Å². The average molecular weight is 401 g/mol. The molecule has 2 aromatic heterocycles. The van der Waals surface area contributed by atoms with Crippen LogP contribution >= 0.6 is 0 Å². The molecule has 0 saturated carbocycles. The molecule has 2 fully saturated rings. The summed E-state index contributed by atoms with van der Waals surface area (Å²) in [6, 6.07) is 4.92. The zero-order chi connectivity index (χ0) is 20.4. The van der Waals surface area contributed by atoms with Crippen molar-refractivity contribution in [2.75, 3.05) is 44.7 Å². The number of rotatable bonds is 2. The number of aromatic nitrogens is 2. The number of ether oxygens (including phenoxy) is 2. The standard InChI is InChI=1S/C19H23N5O5/c1-13-16(14(2)29-22-13)21-18(26)24-8-10-28-19(12-24)11-23(7-9-27-19)17(25)15-5-3-4-6-20-15/h3-6H,7-12H2,1-2H3,(H,21,26). The van der Waals surface area contributed by atoms with E-state index in [1.807, 2.05) is 0 Å². The summed E-state index contributed by atoms with van der Waals surface area (Å²) in [6.07, 6.45) is 1.58. The third-order valence-corrected chi connectivity index (χ3v) is 5.04. The third-order valence-electron chi connectivity index (χ3n) is 5.04. The predicted molar refractivity (Wildman–Crippen MR) is 101 cm³/mol. The number of morpholine rings is 2. The van der Waals surface area contributed by atoms with Gasteiger partial charge >= 0.3 is 6.03 Å². The molecule has 2 aliphatic heterocycles. The lowest BCUT2D eigenvalue weighted by Crippen LogP contribution is -2.64. The Morgan fingerprint density at radius 1 is 1.10 bits per heavy atom. The van der Waals surface area contributed by atoms with Crippen molar-refractivity contribution in [1.29, 1.82) is 0 Å². The summed E-state index contributed by atoms with van der Waals surface area (Å²) in [7, 11) is 0. The first-order valence-corrected chi connectivity index (χ1v) is 9.44. The second-order valence-corrected chi connectivity index (χ2v) is 7.10. The Hall–Kier alpha value is -2.98. The molecule has 2 aliphatic rings. The molecule has 154 valence electrons. The molecule has 3 amide bonds. The van der Waals surface area contributed by atoms with Crippen LogP contribution in [0, 0.1) is 13.8 Å². The van der Waals surface area contributed by atoms with Crippen LogP contribution in [-0.2, 0) is 9.47 Å². The van der Waals surface area contributed by atoms with Crippen LogP contribution in [0.3, 0.4) is 0 Å². The molecule has 0 aliphatic carbocycles. The van der Waals surface area contributed by atoms with Crippen LogP contribution in [-0.4, -0.2) is 77.1 Å². The lowest BCUT2D eigenvalue weighted by atomic mass is 10.1. The maximum absolute atomic E-state index is 12.8. The zero-order valence-electron chi connectivity index (χ0n) is 16.4. The average Bonchev–Trinajstić information content (AvgIpc) is 3.06. The van der Waals surface area contributed by atoms with Gasteiger partial charge in [-0.3, -0.25) is 9.78 Å². The van der Waals surface area contributed by atoms with E-state index in [0.717, 1.165) is 0 Å². The second kappa shape index (κ2) is 7.80. The molecule has 1 atom stereocenters. The number of nitrogens with zero attached hydrogens (tertiary/aromatic N) is 4. The lowest BCUT2D eigenvalue weighted by molar-refractivity contribution is -0.281. The van der Waals surface area contributed by atoms with Gasteiger partial charge in [-0.1, -0.05) is 11.2 Å². The molecule has 0 aromatic carbocycles. The highest BCUT2D eigenvalue weighted by molar-refractivity contribution is 5.92. The fourth-order valence-electron chi connectivity index (χ4n) is 3.54. The Bertz CT molecular complexity index is 878. The number of aryl methyl sites for hydroxylation is 2. The first-order valence-electron chi connectivity index (χ1n) is 9.44. The summed E-state index contributed by atoms with van der Waals surface area (Å²) >= 11 is 0. The third kappa shape index (κ3) is 3.94. The van der Waals surface area contributed by atoms with Gasteiger partial charge in [-0.25, -0.2) is 4.79 Å². The van der Waals surface area contributed by atoms with E-state index in [-0.39, 0.29) is 25.0 Å². The van der Waals surface area contributed by atoms with Gasteiger partial charge in [0.1, 0.15) is 17.1 Å². The largest absolute Gasteiger partial charge is 0.359 e. The summed E-state index contributed by atoms with van der Waals surface area (Å²) < 4.78 is 16.9. The maximum atomic E-state index is 12.8. The molecule has 0 bridgehead atoms. The molecular formula is C19H23N5O5. The Morgan fingerprint density at radius 3 is 2.48 bits per heavy atom. The van der Waals surface area contributed by atoms with Gasteiger partial charge in [0.15, 0.2) is 5.76 Å². The minimum atomic E-state index is -1.06. The summed E-state index contributed by atoms with van der Waals surface area (Å²) in [5.74, 6) is -0.703. The van der Waals surface area contributed by atoms with Gasteiger partial charge in [0.05, 0.1) is 26.3 Å². The normalized spacial score (nSPS) is 22.0. The van der Waals surface area contributed by atoms with E-state index in [0.29, 0.717) is 49.1 Å². The Morgan fingerprint density at radius 2 is 1.83 bits per heavy atom. The van der Waals surface area contributed by atoms with Gasteiger partial charge in [0.2, 0.25) is 5.79 Å². The molecule has 29 heavy (non-hydrogen) atoms. The van der Waals surface area contributed by atoms with Gasteiger partial charge in [0.25, 0.3) is 5.91 Å². The number of nitrogens with one attached hydrogen (secondary N) is 1. The van der Waals surface area contributed by atoms with Crippen LogP contribution in [0.2, 0.25) is 0 Å². The molecule has 10 nitrogen and oxygen atoms in total. The molecule has 10 heteroatoms. The van der Waals surface area contributed by atoms with Crippen molar-refractivity contribution in [3.05, 3.63) is 41.5 Å². The highest BCUT2D eigenvalue weighted by Gasteiger charge is 2.44.